The third-order valence-corrected chi connectivity index (χ3v) is 4.81. The van der Waals surface area contributed by atoms with Gasteiger partial charge in [0.1, 0.15) is 17.6 Å². The lowest BCUT2D eigenvalue weighted by Gasteiger charge is -2.28. The van der Waals surface area contributed by atoms with Gasteiger partial charge in [0.05, 0.1) is 12.8 Å². The zero-order valence-corrected chi connectivity index (χ0v) is 17.3. The molecule has 0 aliphatic rings. The number of benzene rings is 2. The van der Waals surface area contributed by atoms with Gasteiger partial charge in [0.25, 0.3) is 5.91 Å². The Bertz CT molecular complexity index is 943. The predicted octanol–water partition coefficient (Wildman–Crippen LogP) is 4.05. The minimum atomic E-state index is -0.706. The maximum atomic E-state index is 12.9. The first-order valence-corrected chi connectivity index (χ1v) is 9.92. The summed E-state index contributed by atoms with van der Waals surface area (Å²) < 4.78 is 10.8. The predicted molar refractivity (Wildman–Crippen MR) is 114 cm³/mol. The van der Waals surface area contributed by atoms with E-state index >= 15 is 0 Å². The number of rotatable bonds is 9. The molecule has 0 radical (unpaired) electrons. The molecule has 3 rings (SSSR count). The van der Waals surface area contributed by atoms with Crippen LogP contribution in [0, 0.1) is 0 Å². The molecule has 0 saturated heterocycles. The molecule has 30 heavy (non-hydrogen) atoms. The van der Waals surface area contributed by atoms with Crippen LogP contribution in [0.4, 0.5) is 0 Å². The van der Waals surface area contributed by atoms with Gasteiger partial charge in [-0.3, -0.25) is 9.59 Å². The molecule has 0 aliphatic carbocycles. The fourth-order valence-corrected chi connectivity index (χ4v) is 2.97. The molecule has 0 spiro atoms. The summed E-state index contributed by atoms with van der Waals surface area (Å²) in [4.78, 5) is 27.1. The van der Waals surface area contributed by atoms with E-state index in [0.717, 1.165) is 5.56 Å². The summed E-state index contributed by atoms with van der Waals surface area (Å²) in [7, 11) is 0. The molecule has 1 unspecified atom stereocenters. The molecule has 0 fully saturated rings. The van der Waals surface area contributed by atoms with E-state index in [9.17, 15) is 9.59 Å². The summed E-state index contributed by atoms with van der Waals surface area (Å²) in [5, 5.41) is 3.41. The lowest BCUT2D eigenvalue weighted by Crippen LogP contribution is -2.48. The van der Waals surface area contributed by atoms with E-state index in [1.807, 2.05) is 30.3 Å². The van der Waals surface area contributed by atoms with Crippen LogP contribution in [0.15, 0.2) is 77.4 Å². The first-order chi connectivity index (χ1) is 14.5. The van der Waals surface area contributed by atoms with Crippen molar-refractivity contribution in [3.05, 3.63) is 89.3 Å². The number of nitrogens with one attached hydrogen (secondary N) is 1. The standard InChI is InChI=1S/C23H23ClN2O4/c1-17(23(28)25-14-21-8-5-13-29-21)26(15-18-9-11-19(24)12-10-18)22(27)16-30-20-6-3-2-4-7-20/h2-13,17H,14-16H2,1H3,(H,25,28). The molecule has 3 aromatic rings. The van der Waals surface area contributed by atoms with Crippen molar-refractivity contribution >= 4 is 23.4 Å². The summed E-state index contributed by atoms with van der Waals surface area (Å²) in [5.74, 6) is 0.647. The van der Waals surface area contributed by atoms with Gasteiger partial charge in [0.15, 0.2) is 6.61 Å². The fraction of sp³-hybridized carbons (Fsp3) is 0.217. The SMILES string of the molecule is CC(C(=O)NCc1ccco1)N(Cc1ccc(Cl)cc1)C(=O)COc1ccccc1. The number of amides is 2. The summed E-state index contributed by atoms with van der Waals surface area (Å²) in [5.41, 5.74) is 0.859. The Hall–Kier alpha value is -3.25. The number of nitrogens with zero attached hydrogens (tertiary/aromatic N) is 1. The van der Waals surface area contributed by atoms with Crippen molar-refractivity contribution in [2.24, 2.45) is 0 Å². The molecular formula is C23H23ClN2O4. The maximum Gasteiger partial charge on any atom is 0.261 e. The monoisotopic (exact) mass is 426 g/mol. The van der Waals surface area contributed by atoms with E-state index in [2.05, 4.69) is 5.32 Å². The lowest BCUT2D eigenvalue weighted by molar-refractivity contribution is -0.142. The van der Waals surface area contributed by atoms with E-state index in [0.29, 0.717) is 16.5 Å². The molecule has 2 aromatic carbocycles. The van der Waals surface area contributed by atoms with Crippen LogP contribution in [0.3, 0.4) is 0 Å². The van der Waals surface area contributed by atoms with Crippen LogP contribution in [0.1, 0.15) is 18.2 Å². The summed E-state index contributed by atoms with van der Waals surface area (Å²) in [6.45, 7) is 2.02. The molecule has 2 amide bonds. The molecule has 0 saturated carbocycles. The highest BCUT2D eigenvalue weighted by Gasteiger charge is 2.26. The van der Waals surface area contributed by atoms with E-state index in [1.54, 1.807) is 49.6 Å². The molecule has 1 heterocycles. The lowest BCUT2D eigenvalue weighted by atomic mass is 10.1. The van der Waals surface area contributed by atoms with Gasteiger partial charge in [0, 0.05) is 11.6 Å². The minimum absolute atomic E-state index is 0.173. The average Bonchev–Trinajstić information content (AvgIpc) is 3.29. The summed E-state index contributed by atoms with van der Waals surface area (Å²) in [6.07, 6.45) is 1.54. The van der Waals surface area contributed by atoms with Crippen molar-refractivity contribution in [1.82, 2.24) is 10.2 Å². The number of ether oxygens (including phenoxy) is 1. The molecule has 7 heteroatoms. The molecule has 1 atom stereocenters. The third-order valence-electron chi connectivity index (χ3n) is 4.56. The smallest absolute Gasteiger partial charge is 0.261 e. The van der Waals surface area contributed by atoms with Gasteiger partial charge in [0.2, 0.25) is 5.91 Å². The summed E-state index contributed by atoms with van der Waals surface area (Å²) in [6, 6.07) is 19.1. The average molecular weight is 427 g/mol. The quantitative estimate of drug-likeness (QED) is 0.560. The Kier molecular flexibility index (Phi) is 7.51. The highest BCUT2D eigenvalue weighted by molar-refractivity contribution is 6.30. The Morgan fingerprint density at radius 2 is 1.80 bits per heavy atom. The van der Waals surface area contributed by atoms with Crippen LogP contribution in [-0.2, 0) is 22.7 Å². The van der Waals surface area contributed by atoms with Gasteiger partial charge in [-0.1, -0.05) is 41.9 Å². The Balaban J connectivity index is 1.68. The first kappa shape index (κ1) is 21.5. The Morgan fingerprint density at radius 1 is 1.07 bits per heavy atom. The molecule has 0 bridgehead atoms. The second-order valence-electron chi connectivity index (χ2n) is 6.72. The van der Waals surface area contributed by atoms with Gasteiger partial charge < -0.3 is 19.4 Å². The van der Waals surface area contributed by atoms with Crippen molar-refractivity contribution in [3.8, 4) is 5.75 Å². The normalized spacial score (nSPS) is 11.5. The van der Waals surface area contributed by atoms with Crippen LogP contribution < -0.4 is 10.1 Å². The van der Waals surface area contributed by atoms with Gasteiger partial charge in [-0.15, -0.1) is 0 Å². The number of hydrogen-bond acceptors (Lipinski definition) is 4. The molecule has 6 nitrogen and oxygen atoms in total. The van der Waals surface area contributed by atoms with Crippen LogP contribution in [0.25, 0.3) is 0 Å². The second kappa shape index (κ2) is 10.5. The maximum absolute atomic E-state index is 12.9. The highest BCUT2D eigenvalue weighted by atomic mass is 35.5. The molecule has 156 valence electrons. The van der Waals surface area contributed by atoms with Crippen molar-refractivity contribution in [3.63, 3.8) is 0 Å². The van der Waals surface area contributed by atoms with E-state index in [1.165, 1.54) is 4.90 Å². The zero-order chi connectivity index (χ0) is 21.3. The van der Waals surface area contributed by atoms with Crippen LogP contribution >= 0.6 is 11.6 Å². The number of hydrogen-bond donors (Lipinski definition) is 1. The minimum Gasteiger partial charge on any atom is -0.484 e. The van der Waals surface area contributed by atoms with Crippen molar-refractivity contribution in [2.45, 2.75) is 26.1 Å². The number of furan rings is 1. The fourth-order valence-electron chi connectivity index (χ4n) is 2.85. The van der Waals surface area contributed by atoms with Gasteiger partial charge >= 0.3 is 0 Å². The van der Waals surface area contributed by atoms with Crippen molar-refractivity contribution in [2.75, 3.05) is 6.61 Å². The van der Waals surface area contributed by atoms with E-state index in [4.69, 9.17) is 20.8 Å². The van der Waals surface area contributed by atoms with Gasteiger partial charge in [-0.05, 0) is 48.9 Å². The van der Waals surface area contributed by atoms with E-state index in [-0.39, 0.29) is 31.5 Å². The van der Waals surface area contributed by atoms with Crippen molar-refractivity contribution < 1.29 is 18.7 Å². The topological polar surface area (TPSA) is 71.8 Å². The Labute approximate surface area is 180 Å². The molecular weight excluding hydrogens is 404 g/mol. The van der Waals surface area contributed by atoms with Gasteiger partial charge in [-0.2, -0.15) is 0 Å². The number of para-hydroxylation sites is 1. The van der Waals surface area contributed by atoms with Crippen LogP contribution in [0.2, 0.25) is 5.02 Å². The van der Waals surface area contributed by atoms with Gasteiger partial charge in [-0.25, -0.2) is 0 Å². The molecule has 0 aliphatic heterocycles. The van der Waals surface area contributed by atoms with E-state index < -0.39 is 6.04 Å². The molecule has 1 N–H and O–H groups in total. The molecule has 1 aromatic heterocycles. The number of halogens is 1. The van der Waals surface area contributed by atoms with Crippen molar-refractivity contribution in [1.29, 1.82) is 0 Å². The number of carbonyl (C=O) groups is 2. The first-order valence-electron chi connectivity index (χ1n) is 9.55. The summed E-state index contributed by atoms with van der Waals surface area (Å²) >= 11 is 5.96. The van der Waals surface area contributed by atoms with Crippen LogP contribution in [-0.4, -0.2) is 29.4 Å². The van der Waals surface area contributed by atoms with Crippen LogP contribution in [0.5, 0.6) is 5.75 Å². The largest absolute Gasteiger partial charge is 0.484 e. The third kappa shape index (κ3) is 6.12. The highest BCUT2D eigenvalue weighted by Crippen LogP contribution is 2.15. The number of carbonyl (C=O) groups excluding carboxylic acids is 2. The second-order valence-corrected chi connectivity index (χ2v) is 7.16. The zero-order valence-electron chi connectivity index (χ0n) is 16.6. The Morgan fingerprint density at radius 3 is 2.47 bits per heavy atom.